The summed E-state index contributed by atoms with van der Waals surface area (Å²) in [6.07, 6.45) is 35.2. The second kappa shape index (κ2) is 30.0. The summed E-state index contributed by atoms with van der Waals surface area (Å²) in [5.41, 5.74) is 0. The molecule has 0 saturated heterocycles. The zero-order valence-electron chi connectivity index (χ0n) is 25.5. The number of carbonyl (C=O) groups is 1. The van der Waals surface area contributed by atoms with E-state index in [-0.39, 0.29) is 11.9 Å². The number of unbranched alkanes of at least 4 members (excludes halogenated alkanes) is 24. The quantitative estimate of drug-likeness (QED) is 0.0921. The molecule has 0 bridgehead atoms. The van der Waals surface area contributed by atoms with E-state index in [0.717, 1.165) is 25.7 Å². The largest absolute Gasteiger partial charge is 0.391 e. The van der Waals surface area contributed by atoms with Crippen molar-refractivity contribution in [1.29, 1.82) is 0 Å². The lowest BCUT2D eigenvalue weighted by atomic mass is 10.0. The topological polar surface area (TPSA) is 49.3 Å². The Kier molecular flexibility index (Phi) is 29.5. The minimum atomic E-state index is -0.525. The van der Waals surface area contributed by atoms with Crippen molar-refractivity contribution in [3.63, 3.8) is 0 Å². The van der Waals surface area contributed by atoms with Crippen LogP contribution in [-0.4, -0.2) is 23.2 Å². The standard InChI is InChI=1S/C34H68NO2/c1-4-6-8-10-12-14-16-18-20-22-24-26-28-30-33(36)32(3)35-34(37)31-29-27-25-23-21-19-17-15-13-11-9-7-5-2/h32-33,36H,3-31H2,1-2H3,(H,35,37)/t32-,33+/m0/s1. The number of aliphatic hydroxyl groups is 1. The fraction of sp³-hybridized carbons (Fsp3) is 0.941. The molecule has 0 aromatic rings. The van der Waals surface area contributed by atoms with E-state index in [2.05, 4.69) is 26.1 Å². The molecule has 3 nitrogen and oxygen atoms in total. The van der Waals surface area contributed by atoms with Crippen molar-refractivity contribution in [3.8, 4) is 0 Å². The van der Waals surface area contributed by atoms with Gasteiger partial charge in [0.05, 0.1) is 12.1 Å². The smallest absolute Gasteiger partial charge is 0.220 e. The maximum absolute atomic E-state index is 12.2. The predicted molar refractivity (Wildman–Crippen MR) is 164 cm³/mol. The predicted octanol–water partition coefficient (Wildman–Crippen LogP) is 10.6. The SMILES string of the molecule is [CH2][C@H](NC(=O)CCCCCCCCCCCCCCC)[C@H](O)CCCCCCCCCCCCCCC. The minimum Gasteiger partial charge on any atom is -0.391 e. The summed E-state index contributed by atoms with van der Waals surface area (Å²) < 4.78 is 0. The van der Waals surface area contributed by atoms with Gasteiger partial charge in [-0.25, -0.2) is 0 Å². The first-order chi connectivity index (χ1) is 18.1. The Hall–Kier alpha value is -0.570. The molecule has 1 radical (unpaired) electrons. The van der Waals surface area contributed by atoms with E-state index in [1.54, 1.807) is 0 Å². The molecule has 0 aromatic heterocycles. The van der Waals surface area contributed by atoms with Crippen LogP contribution in [0.1, 0.15) is 194 Å². The van der Waals surface area contributed by atoms with Crippen LogP contribution in [-0.2, 0) is 4.79 Å². The Morgan fingerprint density at radius 1 is 0.541 bits per heavy atom. The monoisotopic (exact) mass is 523 g/mol. The van der Waals surface area contributed by atoms with Gasteiger partial charge in [-0.1, -0.05) is 174 Å². The third-order valence-electron chi connectivity index (χ3n) is 7.92. The van der Waals surface area contributed by atoms with Crippen LogP contribution in [0.3, 0.4) is 0 Å². The van der Waals surface area contributed by atoms with Crippen molar-refractivity contribution in [3.05, 3.63) is 6.92 Å². The van der Waals surface area contributed by atoms with E-state index in [4.69, 9.17) is 0 Å². The number of amides is 1. The molecule has 2 N–H and O–H groups in total. The van der Waals surface area contributed by atoms with Crippen molar-refractivity contribution >= 4 is 5.91 Å². The summed E-state index contributed by atoms with van der Waals surface area (Å²) in [4.78, 5) is 12.2. The molecule has 37 heavy (non-hydrogen) atoms. The van der Waals surface area contributed by atoms with Gasteiger partial charge in [-0.05, 0) is 19.8 Å². The Labute approximate surface area is 233 Å². The molecule has 0 unspecified atom stereocenters. The number of rotatable bonds is 30. The van der Waals surface area contributed by atoms with Gasteiger partial charge in [0.25, 0.3) is 0 Å². The number of hydrogen-bond donors (Lipinski definition) is 2. The average Bonchev–Trinajstić information content (AvgIpc) is 2.89. The maximum atomic E-state index is 12.2. The Bertz CT molecular complexity index is 453. The summed E-state index contributed by atoms with van der Waals surface area (Å²) in [5.74, 6) is 0.0486. The molecule has 0 spiro atoms. The fourth-order valence-corrected chi connectivity index (χ4v) is 5.25. The highest BCUT2D eigenvalue weighted by molar-refractivity contribution is 5.76. The third kappa shape index (κ3) is 28.3. The van der Waals surface area contributed by atoms with E-state index < -0.39 is 6.10 Å². The van der Waals surface area contributed by atoms with Gasteiger partial charge >= 0.3 is 0 Å². The van der Waals surface area contributed by atoms with Crippen LogP contribution >= 0.6 is 0 Å². The van der Waals surface area contributed by atoms with Crippen molar-refractivity contribution in [2.24, 2.45) is 0 Å². The van der Waals surface area contributed by atoms with Gasteiger partial charge in [0.1, 0.15) is 0 Å². The first-order valence-corrected chi connectivity index (χ1v) is 16.9. The van der Waals surface area contributed by atoms with Gasteiger partial charge in [0, 0.05) is 6.42 Å². The minimum absolute atomic E-state index is 0.0486. The molecule has 0 saturated carbocycles. The summed E-state index contributed by atoms with van der Waals surface area (Å²) >= 11 is 0. The first kappa shape index (κ1) is 36.4. The van der Waals surface area contributed by atoms with Crippen molar-refractivity contribution in [2.45, 2.75) is 206 Å². The molecule has 0 aliphatic carbocycles. The molecule has 0 aliphatic heterocycles. The molecular formula is C34H68NO2. The van der Waals surface area contributed by atoms with Gasteiger partial charge < -0.3 is 10.4 Å². The van der Waals surface area contributed by atoms with E-state index in [1.807, 2.05) is 0 Å². The molecule has 0 fully saturated rings. The molecule has 2 atom stereocenters. The lowest BCUT2D eigenvalue weighted by Gasteiger charge is -2.20. The molecular weight excluding hydrogens is 454 g/mol. The number of nitrogens with one attached hydrogen (secondary N) is 1. The number of hydrogen-bond acceptors (Lipinski definition) is 2. The van der Waals surface area contributed by atoms with E-state index in [1.165, 1.54) is 148 Å². The average molecular weight is 523 g/mol. The van der Waals surface area contributed by atoms with Crippen LogP contribution in [0, 0.1) is 6.92 Å². The molecule has 3 heteroatoms. The Morgan fingerprint density at radius 2 is 0.838 bits per heavy atom. The normalized spacial score (nSPS) is 13.1. The van der Waals surface area contributed by atoms with Crippen LogP contribution in [0.2, 0.25) is 0 Å². The second-order valence-corrected chi connectivity index (χ2v) is 11.8. The first-order valence-electron chi connectivity index (χ1n) is 16.9. The van der Waals surface area contributed by atoms with E-state index in [0.29, 0.717) is 6.42 Å². The molecule has 0 rings (SSSR count). The highest BCUT2D eigenvalue weighted by Crippen LogP contribution is 2.15. The second-order valence-electron chi connectivity index (χ2n) is 11.8. The van der Waals surface area contributed by atoms with Crippen LogP contribution in [0.5, 0.6) is 0 Å². The van der Waals surface area contributed by atoms with Crippen molar-refractivity contribution in [2.75, 3.05) is 0 Å². The lowest BCUT2D eigenvalue weighted by Crippen LogP contribution is -2.41. The highest BCUT2D eigenvalue weighted by atomic mass is 16.3. The zero-order valence-corrected chi connectivity index (χ0v) is 25.5. The molecule has 0 aromatic carbocycles. The number of carbonyl (C=O) groups excluding carboxylic acids is 1. The van der Waals surface area contributed by atoms with Gasteiger partial charge in [-0.3, -0.25) is 4.79 Å². The lowest BCUT2D eigenvalue weighted by molar-refractivity contribution is -0.122. The molecule has 0 aliphatic rings. The van der Waals surface area contributed by atoms with Gasteiger partial charge in [-0.15, -0.1) is 0 Å². The summed E-state index contributed by atoms with van der Waals surface area (Å²) in [6.45, 7) is 8.54. The number of aliphatic hydroxyl groups excluding tert-OH is 1. The Morgan fingerprint density at radius 3 is 1.19 bits per heavy atom. The molecule has 1 amide bonds. The van der Waals surface area contributed by atoms with Gasteiger partial charge in [0.15, 0.2) is 0 Å². The van der Waals surface area contributed by atoms with Crippen molar-refractivity contribution < 1.29 is 9.90 Å². The fourth-order valence-electron chi connectivity index (χ4n) is 5.25. The third-order valence-corrected chi connectivity index (χ3v) is 7.92. The maximum Gasteiger partial charge on any atom is 0.220 e. The van der Waals surface area contributed by atoms with E-state index in [9.17, 15) is 9.90 Å². The summed E-state index contributed by atoms with van der Waals surface area (Å²) in [5, 5.41) is 13.3. The van der Waals surface area contributed by atoms with Crippen molar-refractivity contribution in [1.82, 2.24) is 5.32 Å². The molecule has 221 valence electrons. The summed E-state index contributed by atoms with van der Waals surface area (Å²) in [6, 6.07) is -0.383. The van der Waals surface area contributed by atoms with Crippen LogP contribution < -0.4 is 5.32 Å². The van der Waals surface area contributed by atoms with Crippen LogP contribution in [0.15, 0.2) is 0 Å². The van der Waals surface area contributed by atoms with Crippen LogP contribution in [0.4, 0.5) is 0 Å². The van der Waals surface area contributed by atoms with Gasteiger partial charge in [-0.2, -0.15) is 0 Å². The summed E-state index contributed by atoms with van der Waals surface area (Å²) in [7, 11) is 0. The Balaban J connectivity index is 3.42. The molecule has 0 heterocycles. The zero-order chi connectivity index (χ0) is 27.2. The van der Waals surface area contributed by atoms with E-state index >= 15 is 0 Å². The van der Waals surface area contributed by atoms with Crippen LogP contribution in [0.25, 0.3) is 0 Å². The van der Waals surface area contributed by atoms with Gasteiger partial charge in [0.2, 0.25) is 5.91 Å². The highest BCUT2D eigenvalue weighted by Gasteiger charge is 2.16.